The van der Waals surface area contributed by atoms with E-state index in [0.717, 1.165) is 28.1 Å². The highest BCUT2D eigenvalue weighted by atomic mass is 35.5. The molecule has 2 rings (SSSR count). The van der Waals surface area contributed by atoms with E-state index in [2.05, 4.69) is 12.2 Å². The lowest BCUT2D eigenvalue weighted by molar-refractivity contribution is 0.280. The summed E-state index contributed by atoms with van der Waals surface area (Å²) in [5.41, 5.74) is 1.09. The van der Waals surface area contributed by atoms with Crippen molar-refractivity contribution in [3.63, 3.8) is 0 Å². The summed E-state index contributed by atoms with van der Waals surface area (Å²) in [6, 6.07) is 6.20. The third-order valence-corrected chi connectivity index (χ3v) is 4.58. The summed E-state index contributed by atoms with van der Waals surface area (Å²) in [6.45, 7) is 3.09. The van der Waals surface area contributed by atoms with Gasteiger partial charge in [0.25, 0.3) is 0 Å². The van der Waals surface area contributed by atoms with Crippen LogP contribution < -0.4 is 5.32 Å². The molecule has 1 aliphatic carbocycles. The molecule has 3 heteroatoms. The van der Waals surface area contributed by atoms with Crippen LogP contribution in [0.2, 0.25) is 10.0 Å². The van der Waals surface area contributed by atoms with Gasteiger partial charge in [-0.3, -0.25) is 0 Å². The minimum atomic E-state index is 0.556. The predicted molar refractivity (Wildman–Crippen MR) is 79.3 cm³/mol. The smallest absolute Gasteiger partial charge is 0.0451 e. The second kappa shape index (κ2) is 6.79. The first-order valence-corrected chi connectivity index (χ1v) is 7.59. The summed E-state index contributed by atoms with van der Waals surface area (Å²) in [4.78, 5) is 0. The normalized spacial score (nSPS) is 18.8. The molecule has 0 saturated heterocycles. The van der Waals surface area contributed by atoms with Gasteiger partial charge in [0.1, 0.15) is 0 Å². The Labute approximate surface area is 120 Å². The van der Waals surface area contributed by atoms with Gasteiger partial charge in [-0.15, -0.1) is 0 Å². The van der Waals surface area contributed by atoms with Gasteiger partial charge < -0.3 is 5.32 Å². The van der Waals surface area contributed by atoms with Gasteiger partial charge in [0.05, 0.1) is 0 Å². The van der Waals surface area contributed by atoms with Crippen LogP contribution in [0.1, 0.15) is 44.6 Å². The van der Waals surface area contributed by atoms with Crippen molar-refractivity contribution in [1.82, 2.24) is 5.32 Å². The topological polar surface area (TPSA) is 12.0 Å². The molecular formula is C15H21Cl2N. The third kappa shape index (κ3) is 3.88. The van der Waals surface area contributed by atoms with E-state index < -0.39 is 0 Å². The third-order valence-electron chi connectivity index (χ3n) is 3.98. The van der Waals surface area contributed by atoms with Gasteiger partial charge in [-0.1, -0.05) is 42.5 Å². The number of nitrogens with one attached hydrogen (secondary N) is 1. The molecule has 1 aromatic rings. The molecule has 0 amide bonds. The molecule has 0 aliphatic heterocycles. The van der Waals surface area contributed by atoms with Crippen LogP contribution in [-0.4, -0.2) is 6.04 Å². The molecule has 100 valence electrons. The Morgan fingerprint density at radius 2 is 1.94 bits per heavy atom. The Morgan fingerprint density at radius 1 is 1.22 bits per heavy atom. The number of rotatable bonds is 4. The van der Waals surface area contributed by atoms with Crippen LogP contribution in [0, 0.1) is 5.92 Å². The SMILES string of the molecule is C[C@@H](NCc1cc(Cl)ccc1Cl)C1CCCCC1. The fourth-order valence-electron chi connectivity index (χ4n) is 2.75. The molecule has 1 fully saturated rings. The Hall–Kier alpha value is -0.240. The van der Waals surface area contributed by atoms with Gasteiger partial charge in [-0.2, -0.15) is 0 Å². The Balaban J connectivity index is 1.88. The maximum atomic E-state index is 6.17. The summed E-state index contributed by atoms with van der Waals surface area (Å²) in [7, 11) is 0. The van der Waals surface area contributed by atoms with Gasteiger partial charge >= 0.3 is 0 Å². The number of hydrogen-bond donors (Lipinski definition) is 1. The zero-order chi connectivity index (χ0) is 13.0. The molecule has 0 bridgehead atoms. The lowest BCUT2D eigenvalue weighted by Gasteiger charge is -2.28. The van der Waals surface area contributed by atoms with Crippen molar-refractivity contribution in [2.75, 3.05) is 0 Å². The maximum Gasteiger partial charge on any atom is 0.0451 e. The quantitative estimate of drug-likeness (QED) is 0.816. The van der Waals surface area contributed by atoms with Crippen molar-refractivity contribution in [3.05, 3.63) is 33.8 Å². The average Bonchev–Trinajstić information content (AvgIpc) is 2.40. The molecule has 0 aromatic heterocycles. The zero-order valence-corrected chi connectivity index (χ0v) is 12.4. The zero-order valence-electron chi connectivity index (χ0n) is 10.9. The molecule has 1 nitrogen and oxygen atoms in total. The van der Waals surface area contributed by atoms with Gasteiger partial charge in [-0.25, -0.2) is 0 Å². The Morgan fingerprint density at radius 3 is 2.67 bits per heavy atom. The van der Waals surface area contributed by atoms with Gasteiger partial charge in [0.2, 0.25) is 0 Å². The molecule has 18 heavy (non-hydrogen) atoms. The van der Waals surface area contributed by atoms with Crippen LogP contribution in [0.15, 0.2) is 18.2 Å². The predicted octanol–water partition coefficient (Wildman–Crippen LogP) is 5.05. The lowest BCUT2D eigenvalue weighted by Crippen LogP contribution is -2.34. The van der Waals surface area contributed by atoms with Crippen LogP contribution >= 0.6 is 23.2 Å². The van der Waals surface area contributed by atoms with Crippen molar-refractivity contribution in [3.8, 4) is 0 Å². The highest BCUT2D eigenvalue weighted by Crippen LogP contribution is 2.27. The van der Waals surface area contributed by atoms with E-state index in [-0.39, 0.29) is 0 Å². The van der Waals surface area contributed by atoms with Gasteiger partial charge in [-0.05, 0) is 49.4 Å². The Bertz CT molecular complexity index is 386. The van der Waals surface area contributed by atoms with Crippen molar-refractivity contribution in [2.24, 2.45) is 5.92 Å². The molecule has 0 heterocycles. The highest BCUT2D eigenvalue weighted by Gasteiger charge is 2.19. The first-order chi connectivity index (χ1) is 8.66. The molecule has 1 aliphatic rings. The lowest BCUT2D eigenvalue weighted by atomic mass is 9.84. The molecule has 1 aromatic carbocycles. The van der Waals surface area contributed by atoms with E-state index in [1.54, 1.807) is 0 Å². The van der Waals surface area contributed by atoms with E-state index in [0.29, 0.717) is 6.04 Å². The van der Waals surface area contributed by atoms with Gasteiger partial charge in [0, 0.05) is 22.6 Å². The van der Waals surface area contributed by atoms with Crippen molar-refractivity contribution in [2.45, 2.75) is 51.6 Å². The fourth-order valence-corrected chi connectivity index (χ4v) is 3.13. The summed E-state index contributed by atoms with van der Waals surface area (Å²) in [6.07, 6.45) is 6.89. The van der Waals surface area contributed by atoms with Crippen molar-refractivity contribution in [1.29, 1.82) is 0 Å². The summed E-state index contributed by atoms with van der Waals surface area (Å²) in [5, 5.41) is 5.14. The summed E-state index contributed by atoms with van der Waals surface area (Å²) in [5.74, 6) is 0.816. The second-order valence-corrected chi connectivity index (χ2v) is 6.15. The van der Waals surface area contributed by atoms with Crippen LogP contribution in [-0.2, 0) is 6.54 Å². The van der Waals surface area contributed by atoms with Gasteiger partial charge in [0.15, 0.2) is 0 Å². The molecule has 1 atom stereocenters. The summed E-state index contributed by atoms with van der Waals surface area (Å²) >= 11 is 12.2. The standard InChI is InChI=1S/C15H21Cl2N/c1-11(12-5-3-2-4-6-12)18-10-13-9-14(16)7-8-15(13)17/h7-9,11-12,18H,2-6,10H2,1H3/t11-/m1/s1. The number of benzene rings is 1. The molecule has 1 N–H and O–H groups in total. The first-order valence-electron chi connectivity index (χ1n) is 6.84. The van der Waals surface area contributed by atoms with Crippen LogP contribution in [0.5, 0.6) is 0 Å². The van der Waals surface area contributed by atoms with E-state index in [4.69, 9.17) is 23.2 Å². The minimum absolute atomic E-state index is 0.556. The van der Waals surface area contributed by atoms with E-state index >= 15 is 0 Å². The molecule has 0 spiro atoms. The number of hydrogen-bond acceptors (Lipinski definition) is 1. The van der Waals surface area contributed by atoms with Crippen molar-refractivity contribution < 1.29 is 0 Å². The average molecular weight is 286 g/mol. The molecule has 0 unspecified atom stereocenters. The van der Waals surface area contributed by atoms with E-state index in [1.807, 2.05) is 18.2 Å². The van der Waals surface area contributed by atoms with Crippen LogP contribution in [0.3, 0.4) is 0 Å². The van der Waals surface area contributed by atoms with Crippen LogP contribution in [0.25, 0.3) is 0 Å². The number of halogens is 2. The first kappa shape index (κ1) is 14.2. The Kier molecular flexibility index (Phi) is 5.35. The maximum absolute atomic E-state index is 6.17. The largest absolute Gasteiger partial charge is 0.310 e. The fraction of sp³-hybridized carbons (Fsp3) is 0.600. The molecule has 0 radical (unpaired) electrons. The van der Waals surface area contributed by atoms with Crippen LogP contribution in [0.4, 0.5) is 0 Å². The highest BCUT2D eigenvalue weighted by molar-refractivity contribution is 6.33. The van der Waals surface area contributed by atoms with E-state index in [1.165, 1.54) is 32.1 Å². The molecule has 1 saturated carbocycles. The molecular weight excluding hydrogens is 265 g/mol. The van der Waals surface area contributed by atoms with E-state index in [9.17, 15) is 0 Å². The second-order valence-electron chi connectivity index (χ2n) is 5.30. The monoisotopic (exact) mass is 285 g/mol. The van der Waals surface area contributed by atoms with Crippen molar-refractivity contribution >= 4 is 23.2 Å². The minimum Gasteiger partial charge on any atom is -0.310 e. The summed E-state index contributed by atoms with van der Waals surface area (Å²) < 4.78 is 0.